The molecule has 4 rings (SSSR count). The first kappa shape index (κ1) is 19.0. The van der Waals surface area contributed by atoms with Gasteiger partial charge in [-0.1, -0.05) is 0 Å². The number of phenols is 1. The van der Waals surface area contributed by atoms with E-state index in [1.54, 1.807) is 18.5 Å². The third-order valence-electron chi connectivity index (χ3n) is 4.60. The number of phenolic OH excluding ortho intramolecular Hbond substituents is 1. The summed E-state index contributed by atoms with van der Waals surface area (Å²) in [5, 5.41) is 13.3. The maximum absolute atomic E-state index is 10.1. The highest BCUT2D eigenvalue weighted by Gasteiger charge is 2.21. The van der Waals surface area contributed by atoms with Crippen molar-refractivity contribution in [1.29, 1.82) is 0 Å². The summed E-state index contributed by atoms with van der Waals surface area (Å²) in [5.74, 6) is 1.08. The minimum absolute atomic E-state index is 0.0586. The van der Waals surface area contributed by atoms with Crippen LogP contribution in [-0.2, 0) is 4.74 Å². The first-order valence-electron chi connectivity index (χ1n) is 8.84. The van der Waals surface area contributed by atoms with Gasteiger partial charge in [0.15, 0.2) is 32.3 Å². The zero-order valence-electron chi connectivity index (χ0n) is 15.5. The summed E-state index contributed by atoms with van der Waals surface area (Å²) in [4.78, 5) is 13.6. The van der Waals surface area contributed by atoms with Gasteiger partial charge in [-0.15, -0.1) is 0 Å². The van der Waals surface area contributed by atoms with E-state index in [0.717, 1.165) is 25.9 Å². The molecular formula is C18H20IN5O4. The molecule has 1 aliphatic rings. The molecule has 2 aromatic heterocycles. The lowest BCUT2D eigenvalue weighted by molar-refractivity contribution is -0.0298. The van der Waals surface area contributed by atoms with E-state index in [-0.39, 0.29) is 12.0 Å². The molecule has 1 atom stereocenters. The zero-order valence-corrected chi connectivity index (χ0v) is 17.6. The zero-order chi connectivity index (χ0) is 19.7. The number of ether oxygens (including phenoxy) is 3. The van der Waals surface area contributed by atoms with E-state index in [1.807, 2.05) is 4.57 Å². The van der Waals surface area contributed by atoms with Crippen LogP contribution in [-0.4, -0.2) is 45.5 Å². The van der Waals surface area contributed by atoms with Crippen molar-refractivity contribution >= 4 is 45.3 Å². The first-order chi connectivity index (χ1) is 13.6. The van der Waals surface area contributed by atoms with Crippen molar-refractivity contribution in [2.45, 2.75) is 25.5 Å². The predicted octanol–water partition coefficient (Wildman–Crippen LogP) is 3.60. The van der Waals surface area contributed by atoms with Crippen molar-refractivity contribution in [2.24, 2.45) is 0 Å². The fraction of sp³-hybridized carbons (Fsp3) is 0.389. The number of aromatic nitrogens is 4. The normalized spacial score (nSPS) is 16.9. The van der Waals surface area contributed by atoms with Crippen molar-refractivity contribution in [3.63, 3.8) is 0 Å². The molecule has 1 unspecified atom stereocenters. The van der Waals surface area contributed by atoms with E-state index in [9.17, 15) is 5.11 Å². The number of nitrogens with zero attached hydrogens (tertiary/aromatic N) is 4. The Kier molecular flexibility index (Phi) is 5.40. The molecule has 0 saturated carbocycles. The van der Waals surface area contributed by atoms with Crippen molar-refractivity contribution in [3.05, 3.63) is 22.3 Å². The van der Waals surface area contributed by atoms with E-state index in [2.05, 4.69) is 42.9 Å². The van der Waals surface area contributed by atoms with E-state index < -0.39 is 0 Å². The topological polar surface area (TPSA) is 104 Å². The van der Waals surface area contributed by atoms with Gasteiger partial charge >= 0.3 is 0 Å². The van der Waals surface area contributed by atoms with Gasteiger partial charge in [0.1, 0.15) is 6.23 Å². The SMILES string of the molecule is COc1cc(Nc2nc(I)nc3c2ncn3C2CCCCO2)cc(OC)c1O. The van der Waals surface area contributed by atoms with Gasteiger partial charge in [0, 0.05) is 47.0 Å². The first-order valence-corrected chi connectivity index (χ1v) is 9.92. The minimum Gasteiger partial charge on any atom is -0.502 e. The monoisotopic (exact) mass is 497 g/mol. The molecule has 1 aromatic carbocycles. The second-order valence-corrected chi connectivity index (χ2v) is 7.31. The molecule has 28 heavy (non-hydrogen) atoms. The van der Waals surface area contributed by atoms with E-state index in [1.165, 1.54) is 14.2 Å². The Balaban J connectivity index is 1.74. The van der Waals surface area contributed by atoms with Crippen LogP contribution in [0.15, 0.2) is 18.5 Å². The summed E-state index contributed by atoms with van der Waals surface area (Å²) < 4.78 is 18.9. The molecular weight excluding hydrogens is 477 g/mol. The van der Waals surface area contributed by atoms with Gasteiger partial charge in [0.25, 0.3) is 0 Å². The Morgan fingerprint density at radius 2 is 1.96 bits per heavy atom. The lowest BCUT2D eigenvalue weighted by Gasteiger charge is -2.23. The van der Waals surface area contributed by atoms with Crippen molar-refractivity contribution in [3.8, 4) is 17.2 Å². The van der Waals surface area contributed by atoms with Crippen LogP contribution in [0.3, 0.4) is 0 Å². The van der Waals surface area contributed by atoms with Crippen LogP contribution in [0.5, 0.6) is 17.2 Å². The van der Waals surface area contributed by atoms with Crippen LogP contribution in [0.25, 0.3) is 11.2 Å². The molecule has 0 aliphatic carbocycles. The van der Waals surface area contributed by atoms with Crippen LogP contribution in [0.4, 0.5) is 11.5 Å². The molecule has 3 aromatic rings. The molecule has 10 heteroatoms. The van der Waals surface area contributed by atoms with Gasteiger partial charge in [-0.2, -0.15) is 0 Å². The smallest absolute Gasteiger partial charge is 0.200 e. The standard InChI is InChI=1S/C18H20IN5O4/c1-26-11-7-10(8-12(27-2)15(11)25)21-16-14-17(23-18(19)22-16)24(9-20-14)13-5-3-4-6-28-13/h7-9,13,25H,3-6H2,1-2H3,(H,21,22,23). The number of aromatic hydroxyl groups is 1. The van der Waals surface area contributed by atoms with Crippen molar-refractivity contribution < 1.29 is 19.3 Å². The number of imidazole rings is 1. The quantitative estimate of drug-likeness (QED) is 0.313. The third-order valence-corrected chi connectivity index (χ3v) is 5.09. The van der Waals surface area contributed by atoms with Gasteiger partial charge in [-0.25, -0.2) is 15.0 Å². The van der Waals surface area contributed by atoms with Gasteiger partial charge < -0.3 is 24.6 Å². The van der Waals surface area contributed by atoms with Crippen LogP contribution in [0, 0.1) is 3.83 Å². The second-order valence-electron chi connectivity index (χ2n) is 6.34. The molecule has 2 N–H and O–H groups in total. The minimum atomic E-state index is -0.0637. The van der Waals surface area contributed by atoms with Crippen LogP contribution in [0.1, 0.15) is 25.5 Å². The number of hydrogen-bond acceptors (Lipinski definition) is 8. The Morgan fingerprint density at radius 3 is 2.61 bits per heavy atom. The molecule has 3 heterocycles. The maximum Gasteiger partial charge on any atom is 0.200 e. The molecule has 0 amide bonds. The number of nitrogens with one attached hydrogen (secondary N) is 1. The number of fused-ring (bicyclic) bond motifs is 1. The Labute approximate surface area is 175 Å². The summed E-state index contributed by atoms with van der Waals surface area (Å²) in [6.07, 6.45) is 4.80. The molecule has 1 saturated heterocycles. The molecule has 1 aliphatic heterocycles. The van der Waals surface area contributed by atoms with E-state index in [0.29, 0.717) is 38.0 Å². The molecule has 0 spiro atoms. The molecule has 0 radical (unpaired) electrons. The lowest BCUT2D eigenvalue weighted by Crippen LogP contribution is -2.18. The van der Waals surface area contributed by atoms with Crippen LogP contribution < -0.4 is 14.8 Å². The van der Waals surface area contributed by atoms with Gasteiger partial charge in [0.05, 0.1) is 20.5 Å². The van der Waals surface area contributed by atoms with Gasteiger partial charge in [-0.3, -0.25) is 4.57 Å². The van der Waals surface area contributed by atoms with Crippen molar-refractivity contribution in [2.75, 3.05) is 26.1 Å². The lowest BCUT2D eigenvalue weighted by atomic mass is 10.2. The number of hydrogen-bond donors (Lipinski definition) is 2. The van der Waals surface area contributed by atoms with Crippen LogP contribution in [0.2, 0.25) is 0 Å². The number of halogens is 1. The highest BCUT2D eigenvalue weighted by molar-refractivity contribution is 14.1. The summed E-state index contributed by atoms with van der Waals surface area (Å²) >= 11 is 2.08. The average molecular weight is 497 g/mol. The molecule has 0 bridgehead atoms. The number of methoxy groups -OCH3 is 2. The number of benzene rings is 1. The average Bonchev–Trinajstić information content (AvgIpc) is 3.13. The highest BCUT2D eigenvalue weighted by atomic mass is 127. The predicted molar refractivity (Wildman–Crippen MR) is 111 cm³/mol. The summed E-state index contributed by atoms with van der Waals surface area (Å²) in [5.41, 5.74) is 2.00. The second kappa shape index (κ2) is 7.95. The molecule has 148 valence electrons. The van der Waals surface area contributed by atoms with Crippen molar-refractivity contribution in [1.82, 2.24) is 19.5 Å². The Hall–Kier alpha value is -2.34. The fourth-order valence-corrected chi connectivity index (χ4v) is 3.70. The summed E-state index contributed by atoms with van der Waals surface area (Å²) in [6, 6.07) is 3.33. The largest absolute Gasteiger partial charge is 0.502 e. The molecule has 9 nitrogen and oxygen atoms in total. The third kappa shape index (κ3) is 3.53. The summed E-state index contributed by atoms with van der Waals surface area (Å²) in [6.45, 7) is 0.741. The van der Waals surface area contributed by atoms with E-state index in [4.69, 9.17) is 14.2 Å². The Bertz CT molecular complexity index is 978. The number of anilines is 2. The maximum atomic E-state index is 10.1. The summed E-state index contributed by atoms with van der Waals surface area (Å²) in [7, 11) is 2.96. The highest BCUT2D eigenvalue weighted by Crippen LogP contribution is 2.40. The number of rotatable bonds is 5. The fourth-order valence-electron chi connectivity index (χ4n) is 3.23. The van der Waals surface area contributed by atoms with Gasteiger partial charge in [-0.05, 0) is 19.3 Å². The van der Waals surface area contributed by atoms with Gasteiger partial charge in [0.2, 0.25) is 5.75 Å². The Morgan fingerprint density at radius 1 is 1.21 bits per heavy atom. The molecule has 1 fully saturated rings. The van der Waals surface area contributed by atoms with E-state index >= 15 is 0 Å². The van der Waals surface area contributed by atoms with Crippen LogP contribution >= 0.6 is 22.6 Å².